The number of hydrogen-bond acceptors (Lipinski definition) is 3. The van der Waals surface area contributed by atoms with Crippen molar-refractivity contribution in [1.82, 2.24) is 5.16 Å². The van der Waals surface area contributed by atoms with Gasteiger partial charge in [-0.25, -0.2) is 0 Å². The van der Waals surface area contributed by atoms with Crippen molar-refractivity contribution in [2.45, 2.75) is 0 Å². The highest BCUT2D eigenvalue weighted by Crippen LogP contribution is 2.40. The molecule has 0 aliphatic carbocycles. The minimum absolute atomic E-state index is 0.339. The van der Waals surface area contributed by atoms with Crippen LogP contribution in [0.5, 0.6) is 0 Å². The van der Waals surface area contributed by atoms with Gasteiger partial charge in [-0.15, -0.1) is 0 Å². The molecule has 0 aliphatic heterocycles. The Morgan fingerprint density at radius 2 is 1.67 bits per heavy atom. The number of hydrogen-bond donors (Lipinski definition) is 1. The molecule has 0 unspecified atom stereocenters. The molecule has 21 heavy (non-hydrogen) atoms. The lowest BCUT2D eigenvalue weighted by Crippen LogP contribution is -1.89. The zero-order valence-electron chi connectivity index (χ0n) is 10.6. The fourth-order valence-electron chi connectivity index (χ4n) is 2.06. The monoisotopic (exact) mass is 426 g/mol. The third-order valence-electron chi connectivity index (χ3n) is 3.03. The van der Waals surface area contributed by atoms with Gasteiger partial charge in [0.1, 0.15) is 0 Å². The second kappa shape index (κ2) is 5.83. The zero-order chi connectivity index (χ0) is 15.0. The summed E-state index contributed by atoms with van der Waals surface area (Å²) in [5, 5.41) is 4.44. The first-order valence-electron chi connectivity index (χ1n) is 6.03. The van der Waals surface area contributed by atoms with Gasteiger partial charge in [0.2, 0.25) is 0 Å². The largest absolute Gasteiger partial charge is 0.380 e. The molecular weight excluding hydrogens is 419 g/mol. The van der Waals surface area contributed by atoms with E-state index in [1.807, 2.05) is 36.4 Å². The van der Waals surface area contributed by atoms with Gasteiger partial charge in [-0.2, -0.15) is 0 Å². The van der Waals surface area contributed by atoms with Crippen molar-refractivity contribution >= 4 is 49.3 Å². The van der Waals surface area contributed by atoms with Crippen molar-refractivity contribution in [3.8, 4) is 22.5 Å². The maximum atomic E-state index is 6.29. The molecule has 1 aromatic heterocycles. The van der Waals surface area contributed by atoms with Crippen molar-refractivity contribution in [3.05, 3.63) is 56.4 Å². The van der Waals surface area contributed by atoms with Crippen LogP contribution in [0.2, 0.25) is 5.02 Å². The van der Waals surface area contributed by atoms with Gasteiger partial charge in [-0.3, -0.25) is 0 Å². The van der Waals surface area contributed by atoms with Crippen LogP contribution in [0.15, 0.2) is 55.9 Å². The molecule has 0 amide bonds. The Hall–Kier alpha value is -1.30. The van der Waals surface area contributed by atoms with Gasteiger partial charge in [-0.05, 0) is 35.9 Å². The highest BCUT2D eigenvalue weighted by atomic mass is 79.9. The molecule has 2 aromatic carbocycles. The zero-order valence-corrected chi connectivity index (χ0v) is 14.5. The Balaban J connectivity index is 2.19. The predicted octanol–water partition coefficient (Wildman–Crippen LogP) is 5.77. The molecule has 0 spiro atoms. The number of nitrogens with two attached hydrogens (primary N) is 1. The SMILES string of the molecule is Nc1noc(-c2ccc(Br)cc2Cl)c1-c1ccc(Br)cc1. The second-order valence-corrected chi connectivity index (χ2v) is 6.64. The van der Waals surface area contributed by atoms with Crippen LogP contribution >= 0.6 is 43.5 Å². The number of aromatic nitrogens is 1. The maximum Gasteiger partial charge on any atom is 0.178 e. The molecule has 2 N–H and O–H groups in total. The van der Waals surface area contributed by atoms with Gasteiger partial charge >= 0.3 is 0 Å². The van der Waals surface area contributed by atoms with Gasteiger partial charge < -0.3 is 10.3 Å². The van der Waals surface area contributed by atoms with E-state index in [1.165, 1.54) is 0 Å². The number of anilines is 1. The molecule has 0 radical (unpaired) electrons. The van der Waals surface area contributed by atoms with E-state index in [-0.39, 0.29) is 0 Å². The van der Waals surface area contributed by atoms with Crippen LogP contribution in [0.1, 0.15) is 0 Å². The normalized spacial score (nSPS) is 10.8. The Labute approximate surface area is 143 Å². The average Bonchev–Trinajstić information content (AvgIpc) is 2.82. The molecule has 0 saturated carbocycles. The maximum absolute atomic E-state index is 6.29. The van der Waals surface area contributed by atoms with Crippen LogP contribution < -0.4 is 5.73 Å². The molecule has 3 aromatic rings. The summed E-state index contributed by atoms with van der Waals surface area (Å²) in [4.78, 5) is 0. The summed E-state index contributed by atoms with van der Waals surface area (Å²) in [7, 11) is 0. The Morgan fingerprint density at radius 1 is 1.00 bits per heavy atom. The van der Waals surface area contributed by atoms with Crippen molar-refractivity contribution in [3.63, 3.8) is 0 Å². The first-order valence-corrected chi connectivity index (χ1v) is 7.99. The lowest BCUT2D eigenvalue weighted by atomic mass is 10.0. The van der Waals surface area contributed by atoms with E-state index in [2.05, 4.69) is 37.0 Å². The molecule has 6 heteroatoms. The summed E-state index contributed by atoms with van der Waals surface area (Å²) in [5.74, 6) is 0.902. The first-order chi connectivity index (χ1) is 10.1. The van der Waals surface area contributed by atoms with Gasteiger partial charge in [-0.1, -0.05) is 60.8 Å². The fourth-order valence-corrected chi connectivity index (χ4v) is 3.08. The molecule has 0 saturated heterocycles. The molecule has 0 aliphatic rings. The molecule has 1 heterocycles. The van der Waals surface area contributed by atoms with Crippen molar-refractivity contribution < 1.29 is 4.52 Å². The van der Waals surface area contributed by atoms with Crippen LogP contribution in [0.4, 0.5) is 5.82 Å². The highest BCUT2D eigenvalue weighted by Gasteiger charge is 2.19. The standard InChI is InChI=1S/C15H9Br2ClN2O/c16-9-3-1-8(2-4-9)13-14(21-20-15(13)19)11-6-5-10(17)7-12(11)18/h1-7H,(H2,19,20). The van der Waals surface area contributed by atoms with Gasteiger partial charge in [0.05, 0.1) is 10.6 Å². The molecule has 0 atom stereocenters. The molecular formula is C15H9Br2ClN2O. The molecule has 106 valence electrons. The summed E-state index contributed by atoms with van der Waals surface area (Å²) < 4.78 is 7.29. The lowest BCUT2D eigenvalue weighted by Gasteiger charge is -2.05. The minimum Gasteiger partial charge on any atom is -0.380 e. The number of rotatable bonds is 2. The molecule has 0 bridgehead atoms. The van der Waals surface area contributed by atoms with E-state index in [9.17, 15) is 0 Å². The summed E-state index contributed by atoms with van der Waals surface area (Å²) in [6.45, 7) is 0. The minimum atomic E-state index is 0.339. The van der Waals surface area contributed by atoms with E-state index in [4.69, 9.17) is 21.9 Å². The number of nitrogen functional groups attached to an aromatic ring is 1. The number of halogens is 3. The van der Waals surface area contributed by atoms with Gasteiger partial charge in [0, 0.05) is 14.5 Å². The van der Waals surface area contributed by atoms with Crippen LogP contribution in [0, 0.1) is 0 Å². The Bertz CT molecular complexity index is 800. The molecule has 3 nitrogen and oxygen atoms in total. The van der Waals surface area contributed by atoms with Crippen molar-refractivity contribution in [1.29, 1.82) is 0 Å². The summed E-state index contributed by atoms with van der Waals surface area (Å²) in [6.07, 6.45) is 0. The van der Waals surface area contributed by atoms with E-state index in [1.54, 1.807) is 6.07 Å². The van der Waals surface area contributed by atoms with Crippen LogP contribution in [0.25, 0.3) is 22.5 Å². The van der Waals surface area contributed by atoms with E-state index in [0.29, 0.717) is 16.6 Å². The van der Waals surface area contributed by atoms with E-state index < -0.39 is 0 Å². The van der Waals surface area contributed by atoms with Crippen molar-refractivity contribution in [2.24, 2.45) is 0 Å². The summed E-state index contributed by atoms with van der Waals surface area (Å²) >= 11 is 13.1. The Morgan fingerprint density at radius 3 is 2.33 bits per heavy atom. The number of nitrogens with zero attached hydrogens (tertiary/aromatic N) is 1. The van der Waals surface area contributed by atoms with Crippen LogP contribution in [-0.4, -0.2) is 5.16 Å². The molecule has 0 fully saturated rings. The van der Waals surface area contributed by atoms with Gasteiger partial charge in [0.15, 0.2) is 11.6 Å². The fraction of sp³-hybridized carbons (Fsp3) is 0. The third kappa shape index (κ3) is 2.86. The lowest BCUT2D eigenvalue weighted by molar-refractivity contribution is 0.436. The van der Waals surface area contributed by atoms with Crippen LogP contribution in [0.3, 0.4) is 0 Å². The van der Waals surface area contributed by atoms with Crippen molar-refractivity contribution in [2.75, 3.05) is 5.73 Å². The second-order valence-electron chi connectivity index (χ2n) is 4.40. The van der Waals surface area contributed by atoms with Gasteiger partial charge in [0.25, 0.3) is 0 Å². The van der Waals surface area contributed by atoms with Crippen LogP contribution in [-0.2, 0) is 0 Å². The highest BCUT2D eigenvalue weighted by molar-refractivity contribution is 9.10. The quantitative estimate of drug-likeness (QED) is 0.564. The predicted molar refractivity (Wildman–Crippen MR) is 92.2 cm³/mol. The first kappa shape index (κ1) is 14.6. The Kier molecular flexibility index (Phi) is 4.06. The van der Waals surface area contributed by atoms with E-state index in [0.717, 1.165) is 25.6 Å². The number of benzene rings is 2. The summed E-state index contributed by atoms with van der Waals surface area (Å²) in [5.41, 5.74) is 8.38. The third-order valence-corrected chi connectivity index (χ3v) is 4.36. The average molecular weight is 429 g/mol. The summed E-state index contributed by atoms with van der Waals surface area (Å²) in [6, 6.07) is 13.3. The van der Waals surface area contributed by atoms with E-state index >= 15 is 0 Å². The molecule has 3 rings (SSSR count). The smallest absolute Gasteiger partial charge is 0.178 e. The topological polar surface area (TPSA) is 52.0 Å².